The van der Waals surface area contributed by atoms with Crippen LogP contribution < -0.4 is 16.4 Å². The molecule has 2 heterocycles. The van der Waals surface area contributed by atoms with Gasteiger partial charge in [-0.3, -0.25) is 9.59 Å². The number of urea groups is 1. The van der Waals surface area contributed by atoms with Crippen LogP contribution in [0.3, 0.4) is 0 Å². The molecule has 0 aromatic rings. The fraction of sp³-hybridized carbons (Fsp3) is 0.438. The number of carbonyl (C=O) groups excluding carboxylic acids is 3. The van der Waals surface area contributed by atoms with Crippen LogP contribution >= 0.6 is 0 Å². The third kappa shape index (κ3) is 2.80. The minimum atomic E-state index is -0.797. The van der Waals surface area contributed by atoms with E-state index in [-0.39, 0.29) is 17.8 Å². The molecule has 3 aliphatic rings. The summed E-state index contributed by atoms with van der Waals surface area (Å²) in [5.74, 6) is -0.209. The van der Waals surface area contributed by atoms with Crippen LogP contribution in [0.5, 0.6) is 0 Å². The second-order valence-corrected chi connectivity index (χ2v) is 6.22. The second kappa shape index (κ2) is 6.12. The highest BCUT2D eigenvalue weighted by Gasteiger charge is 2.36. The van der Waals surface area contributed by atoms with Gasteiger partial charge in [-0.05, 0) is 18.9 Å². The van der Waals surface area contributed by atoms with E-state index in [1.54, 1.807) is 30.0 Å². The Morgan fingerprint density at radius 3 is 2.62 bits per heavy atom. The van der Waals surface area contributed by atoms with Crippen LogP contribution in [0.2, 0.25) is 0 Å². The molecule has 0 bridgehead atoms. The van der Waals surface area contributed by atoms with Crippen LogP contribution in [-0.4, -0.2) is 54.5 Å². The largest absolute Gasteiger partial charge is 0.345 e. The molecule has 0 spiro atoms. The lowest BCUT2D eigenvalue weighted by Gasteiger charge is -2.37. The quantitative estimate of drug-likeness (QED) is 0.649. The van der Waals surface area contributed by atoms with E-state index < -0.39 is 6.17 Å². The number of nitrogens with zero attached hydrogens (tertiary/aromatic N) is 2. The van der Waals surface area contributed by atoms with Crippen molar-refractivity contribution in [1.29, 1.82) is 0 Å². The SMILES string of the molecule is CN(C)C(=O)C1=CC=C(N2CCC3=C(C2=O)C(N)NC(=O)N3)CC1. The van der Waals surface area contributed by atoms with Crippen LogP contribution in [0.1, 0.15) is 19.3 Å². The zero-order chi connectivity index (χ0) is 17.4. The lowest BCUT2D eigenvalue weighted by Crippen LogP contribution is -2.58. The number of hydrogen-bond donors (Lipinski definition) is 3. The molecule has 0 saturated carbocycles. The normalized spacial score (nSPS) is 23.8. The maximum atomic E-state index is 12.8. The van der Waals surface area contributed by atoms with Crippen molar-refractivity contribution in [3.8, 4) is 0 Å². The zero-order valence-corrected chi connectivity index (χ0v) is 13.8. The molecule has 4 N–H and O–H groups in total. The maximum Gasteiger partial charge on any atom is 0.320 e. The number of hydrogen-bond acceptors (Lipinski definition) is 4. The summed E-state index contributed by atoms with van der Waals surface area (Å²) in [6, 6.07) is -0.380. The molecule has 1 aliphatic carbocycles. The Balaban J connectivity index is 1.82. The van der Waals surface area contributed by atoms with Gasteiger partial charge < -0.3 is 26.2 Å². The van der Waals surface area contributed by atoms with Crippen molar-refractivity contribution in [2.24, 2.45) is 5.73 Å². The molecule has 0 radical (unpaired) electrons. The molecule has 128 valence electrons. The Hall–Kier alpha value is -2.61. The van der Waals surface area contributed by atoms with Crippen molar-refractivity contribution in [2.45, 2.75) is 25.4 Å². The Kier molecular flexibility index (Phi) is 4.15. The van der Waals surface area contributed by atoms with Gasteiger partial charge in [0.25, 0.3) is 5.91 Å². The highest BCUT2D eigenvalue weighted by Crippen LogP contribution is 2.29. The molecular formula is C16H21N5O3. The molecule has 1 atom stereocenters. The van der Waals surface area contributed by atoms with Gasteiger partial charge in [0.1, 0.15) is 6.17 Å². The lowest BCUT2D eigenvalue weighted by atomic mass is 9.96. The molecule has 0 saturated heterocycles. The maximum absolute atomic E-state index is 12.8. The van der Waals surface area contributed by atoms with Crippen LogP contribution in [-0.2, 0) is 9.59 Å². The van der Waals surface area contributed by atoms with Gasteiger partial charge in [0, 0.05) is 44.0 Å². The van der Waals surface area contributed by atoms with Crippen LogP contribution in [0.25, 0.3) is 0 Å². The van der Waals surface area contributed by atoms with E-state index in [1.807, 2.05) is 6.08 Å². The summed E-state index contributed by atoms with van der Waals surface area (Å²) in [4.78, 5) is 39.4. The van der Waals surface area contributed by atoms with Gasteiger partial charge in [-0.2, -0.15) is 0 Å². The molecule has 0 aromatic carbocycles. The highest BCUT2D eigenvalue weighted by atomic mass is 16.2. The van der Waals surface area contributed by atoms with Crippen molar-refractivity contribution < 1.29 is 14.4 Å². The first-order chi connectivity index (χ1) is 11.4. The fourth-order valence-corrected chi connectivity index (χ4v) is 3.16. The summed E-state index contributed by atoms with van der Waals surface area (Å²) in [5.41, 5.74) is 8.50. The zero-order valence-electron chi connectivity index (χ0n) is 13.8. The first kappa shape index (κ1) is 16.3. The lowest BCUT2D eigenvalue weighted by molar-refractivity contribution is -0.126. The number of likely N-dealkylation sites (N-methyl/N-ethyl adjacent to an activating group) is 1. The molecule has 2 aliphatic heterocycles. The summed E-state index contributed by atoms with van der Waals surface area (Å²) in [6.07, 6.45) is 4.57. The molecule has 0 aromatic heterocycles. The van der Waals surface area contributed by atoms with Crippen LogP contribution in [0.15, 0.2) is 34.7 Å². The second-order valence-electron chi connectivity index (χ2n) is 6.22. The van der Waals surface area contributed by atoms with Gasteiger partial charge in [-0.15, -0.1) is 0 Å². The molecule has 8 nitrogen and oxygen atoms in total. The van der Waals surface area contributed by atoms with Gasteiger partial charge >= 0.3 is 6.03 Å². The van der Waals surface area contributed by atoms with Crippen molar-refractivity contribution in [3.63, 3.8) is 0 Å². The Bertz CT molecular complexity index is 705. The van der Waals surface area contributed by atoms with E-state index in [0.29, 0.717) is 37.1 Å². The molecule has 1 unspecified atom stereocenters. The van der Waals surface area contributed by atoms with Crippen molar-refractivity contribution in [2.75, 3.05) is 20.6 Å². The van der Waals surface area contributed by atoms with Gasteiger partial charge in [-0.25, -0.2) is 4.79 Å². The van der Waals surface area contributed by atoms with E-state index >= 15 is 0 Å². The minimum absolute atomic E-state index is 0.0125. The molecule has 0 fully saturated rings. The summed E-state index contributed by atoms with van der Waals surface area (Å²) >= 11 is 0. The van der Waals surface area contributed by atoms with E-state index in [1.165, 1.54) is 0 Å². The van der Waals surface area contributed by atoms with Gasteiger partial charge in [0.2, 0.25) is 5.91 Å². The predicted molar refractivity (Wildman–Crippen MR) is 87.1 cm³/mol. The number of amides is 4. The smallest absolute Gasteiger partial charge is 0.320 e. The third-order valence-corrected chi connectivity index (χ3v) is 4.40. The van der Waals surface area contributed by atoms with E-state index in [0.717, 1.165) is 11.3 Å². The number of allylic oxidation sites excluding steroid dienone is 3. The first-order valence-corrected chi connectivity index (χ1v) is 7.88. The number of carbonyl (C=O) groups is 3. The van der Waals surface area contributed by atoms with Crippen molar-refractivity contribution >= 4 is 17.8 Å². The average molecular weight is 331 g/mol. The number of rotatable bonds is 2. The third-order valence-electron chi connectivity index (χ3n) is 4.40. The summed E-state index contributed by atoms with van der Waals surface area (Å²) < 4.78 is 0. The average Bonchev–Trinajstić information content (AvgIpc) is 2.54. The number of nitrogens with one attached hydrogen (secondary N) is 2. The number of nitrogens with two attached hydrogens (primary N) is 1. The Morgan fingerprint density at radius 1 is 1.25 bits per heavy atom. The minimum Gasteiger partial charge on any atom is -0.345 e. The molecule has 4 amide bonds. The van der Waals surface area contributed by atoms with E-state index in [9.17, 15) is 14.4 Å². The van der Waals surface area contributed by atoms with Crippen LogP contribution in [0.4, 0.5) is 4.79 Å². The van der Waals surface area contributed by atoms with E-state index in [4.69, 9.17) is 5.73 Å². The van der Waals surface area contributed by atoms with Gasteiger partial charge in [-0.1, -0.05) is 6.08 Å². The molecule has 24 heavy (non-hydrogen) atoms. The van der Waals surface area contributed by atoms with Crippen LogP contribution in [0, 0.1) is 0 Å². The molecular weight excluding hydrogens is 310 g/mol. The van der Waals surface area contributed by atoms with Crippen molar-refractivity contribution in [3.05, 3.63) is 34.7 Å². The monoisotopic (exact) mass is 331 g/mol. The fourth-order valence-electron chi connectivity index (χ4n) is 3.16. The summed E-state index contributed by atoms with van der Waals surface area (Å²) in [6.45, 7) is 0.487. The van der Waals surface area contributed by atoms with Gasteiger partial charge in [0.15, 0.2) is 0 Å². The standard InChI is InChI=1S/C16H21N5O3/c1-20(2)14(22)9-3-5-10(6-4-9)21-8-7-11-12(15(21)23)13(17)19-16(24)18-11/h3,5,13H,4,6-8,17H2,1-2H3,(H2,18,19,24). The molecule has 3 rings (SSSR count). The first-order valence-electron chi connectivity index (χ1n) is 7.88. The van der Waals surface area contributed by atoms with E-state index in [2.05, 4.69) is 10.6 Å². The van der Waals surface area contributed by atoms with Gasteiger partial charge in [0.05, 0.1) is 5.57 Å². The topological polar surface area (TPSA) is 108 Å². The summed E-state index contributed by atoms with van der Waals surface area (Å²) in [7, 11) is 3.44. The molecule has 8 heteroatoms. The van der Waals surface area contributed by atoms with Crippen molar-refractivity contribution in [1.82, 2.24) is 20.4 Å². The summed E-state index contributed by atoms with van der Waals surface area (Å²) in [5, 5.41) is 5.17. The Morgan fingerprint density at radius 2 is 2.00 bits per heavy atom. The Labute approximate surface area is 140 Å². The highest BCUT2D eigenvalue weighted by molar-refractivity contribution is 6.00. The predicted octanol–water partition coefficient (Wildman–Crippen LogP) is -0.237.